The van der Waals surface area contributed by atoms with Crippen LogP contribution >= 0.6 is 0 Å². The van der Waals surface area contributed by atoms with Crippen LogP contribution in [0.15, 0.2) is 42.5 Å². The van der Waals surface area contributed by atoms with Gasteiger partial charge in [-0.3, -0.25) is 0 Å². The van der Waals surface area contributed by atoms with Gasteiger partial charge < -0.3 is 10.8 Å². The average molecular weight is 229 g/mol. The summed E-state index contributed by atoms with van der Waals surface area (Å²) in [5, 5.41) is 11.3. The Morgan fingerprint density at radius 1 is 1.12 bits per heavy atom. The second-order valence-corrected chi connectivity index (χ2v) is 4.81. The van der Waals surface area contributed by atoms with E-state index in [2.05, 4.69) is 30.3 Å². The SMILES string of the molecule is CC(N)(CCCO)c1ccc2ccccc2c1. The van der Waals surface area contributed by atoms with E-state index in [1.54, 1.807) is 0 Å². The molecule has 17 heavy (non-hydrogen) atoms. The number of nitrogens with two attached hydrogens (primary N) is 1. The van der Waals surface area contributed by atoms with Gasteiger partial charge in [0.05, 0.1) is 0 Å². The predicted octanol–water partition coefficient (Wildman–Crippen LogP) is 2.79. The van der Waals surface area contributed by atoms with Gasteiger partial charge in [0.1, 0.15) is 0 Å². The first-order chi connectivity index (χ1) is 8.13. The Bertz CT molecular complexity index is 505. The lowest BCUT2D eigenvalue weighted by molar-refractivity contribution is 0.266. The van der Waals surface area contributed by atoms with Crippen molar-refractivity contribution >= 4 is 10.8 Å². The Morgan fingerprint density at radius 3 is 2.53 bits per heavy atom. The van der Waals surface area contributed by atoms with Gasteiger partial charge in [-0.1, -0.05) is 36.4 Å². The highest BCUT2D eigenvalue weighted by Gasteiger charge is 2.20. The molecule has 0 amide bonds. The number of aliphatic hydroxyl groups excluding tert-OH is 1. The largest absolute Gasteiger partial charge is 0.396 e. The van der Waals surface area contributed by atoms with E-state index in [0.29, 0.717) is 0 Å². The molecular weight excluding hydrogens is 210 g/mol. The molecule has 90 valence electrons. The van der Waals surface area contributed by atoms with Gasteiger partial charge in [-0.25, -0.2) is 0 Å². The van der Waals surface area contributed by atoms with E-state index in [0.717, 1.165) is 18.4 Å². The van der Waals surface area contributed by atoms with Crippen molar-refractivity contribution in [3.8, 4) is 0 Å². The maximum absolute atomic E-state index is 8.89. The standard InChI is InChI=1S/C15H19NO/c1-15(16,9-4-10-17)14-8-7-12-5-2-3-6-13(12)11-14/h2-3,5-8,11,17H,4,9-10,16H2,1H3. The number of fused-ring (bicyclic) bond motifs is 1. The third-order valence-electron chi connectivity index (χ3n) is 3.26. The van der Waals surface area contributed by atoms with Gasteiger partial charge in [0.15, 0.2) is 0 Å². The van der Waals surface area contributed by atoms with Gasteiger partial charge in [0.25, 0.3) is 0 Å². The number of rotatable bonds is 4. The monoisotopic (exact) mass is 229 g/mol. The van der Waals surface area contributed by atoms with Gasteiger partial charge in [-0.2, -0.15) is 0 Å². The molecule has 2 nitrogen and oxygen atoms in total. The van der Waals surface area contributed by atoms with E-state index < -0.39 is 0 Å². The summed E-state index contributed by atoms with van der Waals surface area (Å²) in [7, 11) is 0. The van der Waals surface area contributed by atoms with Crippen LogP contribution in [-0.2, 0) is 5.54 Å². The fourth-order valence-corrected chi connectivity index (χ4v) is 2.14. The summed E-state index contributed by atoms with van der Waals surface area (Å²) in [6.07, 6.45) is 1.53. The quantitative estimate of drug-likeness (QED) is 0.846. The van der Waals surface area contributed by atoms with E-state index in [-0.39, 0.29) is 12.1 Å². The molecule has 0 aliphatic carbocycles. The van der Waals surface area contributed by atoms with E-state index in [1.807, 2.05) is 19.1 Å². The van der Waals surface area contributed by atoms with Crippen molar-refractivity contribution in [1.82, 2.24) is 0 Å². The first-order valence-electron chi connectivity index (χ1n) is 6.02. The zero-order chi connectivity index (χ0) is 12.3. The van der Waals surface area contributed by atoms with E-state index in [9.17, 15) is 0 Å². The van der Waals surface area contributed by atoms with Gasteiger partial charge in [-0.05, 0) is 42.2 Å². The molecule has 0 saturated carbocycles. The van der Waals surface area contributed by atoms with Gasteiger partial charge >= 0.3 is 0 Å². The van der Waals surface area contributed by atoms with Crippen molar-refractivity contribution in [3.05, 3.63) is 48.0 Å². The minimum absolute atomic E-state index is 0.195. The maximum Gasteiger partial charge on any atom is 0.0431 e. The summed E-state index contributed by atoms with van der Waals surface area (Å²) < 4.78 is 0. The van der Waals surface area contributed by atoms with E-state index in [4.69, 9.17) is 10.8 Å². The van der Waals surface area contributed by atoms with Crippen LogP contribution in [0.25, 0.3) is 10.8 Å². The number of aliphatic hydroxyl groups is 1. The Hall–Kier alpha value is -1.38. The van der Waals surface area contributed by atoms with Crippen molar-refractivity contribution in [2.24, 2.45) is 5.73 Å². The van der Waals surface area contributed by atoms with Gasteiger partial charge in [-0.15, -0.1) is 0 Å². The van der Waals surface area contributed by atoms with Crippen LogP contribution in [0.3, 0.4) is 0 Å². The van der Waals surface area contributed by atoms with E-state index >= 15 is 0 Å². The molecule has 2 heteroatoms. The topological polar surface area (TPSA) is 46.2 Å². The first-order valence-corrected chi connectivity index (χ1v) is 6.02. The lowest BCUT2D eigenvalue weighted by Crippen LogP contribution is -2.33. The molecular formula is C15H19NO. The number of hydrogen-bond donors (Lipinski definition) is 2. The third-order valence-corrected chi connectivity index (χ3v) is 3.26. The zero-order valence-corrected chi connectivity index (χ0v) is 10.2. The molecule has 2 aromatic rings. The van der Waals surface area contributed by atoms with Crippen LogP contribution in [0, 0.1) is 0 Å². The molecule has 0 bridgehead atoms. The molecule has 2 aromatic carbocycles. The Kier molecular flexibility index (Phi) is 3.46. The van der Waals surface area contributed by atoms with Crippen molar-refractivity contribution in [2.75, 3.05) is 6.61 Å². The lowest BCUT2D eigenvalue weighted by Gasteiger charge is -2.25. The summed E-state index contributed by atoms with van der Waals surface area (Å²) in [4.78, 5) is 0. The molecule has 2 rings (SSSR count). The molecule has 0 aromatic heterocycles. The number of hydrogen-bond acceptors (Lipinski definition) is 2. The Labute approximate surface area is 102 Å². The summed E-state index contributed by atoms with van der Waals surface area (Å²) >= 11 is 0. The van der Waals surface area contributed by atoms with Crippen molar-refractivity contribution in [3.63, 3.8) is 0 Å². The molecule has 0 saturated heterocycles. The maximum atomic E-state index is 8.89. The van der Waals surface area contributed by atoms with Crippen LogP contribution in [0.4, 0.5) is 0 Å². The van der Waals surface area contributed by atoms with Gasteiger partial charge in [0, 0.05) is 12.1 Å². The second-order valence-electron chi connectivity index (χ2n) is 4.81. The first kappa shape index (κ1) is 12.1. The summed E-state index contributed by atoms with van der Waals surface area (Å²) in [5.74, 6) is 0. The normalized spacial score (nSPS) is 14.8. The highest BCUT2D eigenvalue weighted by atomic mass is 16.2. The third kappa shape index (κ3) is 2.65. The highest BCUT2D eigenvalue weighted by Crippen LogP contribution is 2.26. The summed E-state index contributed by atoms with van der Waals surface area (Å²) in [5.41, 5.74) is 7.07. The molecule has 1 unspecified atom stereocenters. The molecule has 3 N–H and O–H groups in total. The lowest BCUT2D eigenvalue weighted by atomic mass is 9.87. The van der Waals surface area contributed by atoms with Gasteiger partial charge in [0.2, 0.25) is 0 Å². The average Bonchev–Trinajstić information content (AvgIpc) is 2.36. The van der Waals surface area contributed by atoms with Crippen LogP contribution in [-0.4, -0.2) is 11.7 Å². The predicted molar refractivity (Wildman–Crippen MR) is 71.8 cm³/mol. The van der Waals surface area contributed by atoms with E-state index in [1.165, 1.54) is 10.8 Å². The van der Waals surface area contributed by atoms with Crippen LogP contribution < -0.4 is 5.73 Å². The minimum atomic E-state index is -0.368. The second kappa shape index (κ2) is 4.86. The molecule has 0 fully saturated rings. The molecule has 1 atom stereocenters. The molecule has 0 heterocycles. The molecule has 0 spiro atoms. The minimum Gasteiger partial charge on any atom is -0.396 e. The fourth-order valence-electron chi connectivity index (χ4n) is 2.14. The smallest absolute Gasteiger partial charge is 0.0431 e. The van der Waals surface area contributed by atoms with Crippen LogP contribution in [0.5, 0.6) is 0 Å². The van der Waals surface area contributed by atoms with Crippen molar-refractivity contribution in [2.45, 2.75) is 25.3 Å². The van der Waals surface area contributed by atoms with Crippen LogP contribution in [0.2, 0.25) is 0 Å². The summed E-state index contributed by atoms with van der Waals surface area (Å²) in [6.45, 7) is 2.22. The summed E-state index contributed by atoms with van der Waals surface area (Å²) in [6, 6.07) is 14.6. The molecule has 0 aliphatic rings. The highest BCUT2D eigenvalue weighted by molar-refractivity contribution is 5.83. The van der Waals surface area contributed by atoms with Crippen molar-refractivity contribution < 1.29 is 5.11 Å². The molecule has 0 aliphatic heterocycles. The Balaban J connectivity index is 2.35. The number of benzene rings is 2. The van der Waals surface area contributed by atoms with Crippen LogP contribution in [0.1, 0.15) is 25.3 Å². The Morgan fingerprint density at radius 2 is 1.82 bits per heavy atom. The zero-order valence-electron chi connectivity index (χ0n) is 10.2. The molecule has 0 radical (unpaired) electrons. The van der Waals surface area contributed by atoms with Crippen molar-refractivity contribution in [1.29, 1.82) is 0 Å². The fraction of sp³-hybridized carbons (Fsp3) is 0.333.